The Morgan fingerprint density at radius 2 is 1.97 bits per heavy atom. The Morgan fingerprint density at radius 1 is 1.28 bits per heavy atom. The molecular weight excluding hydrogens is 368 g/mol. The average molecular weight is 401 g/mol. The quantitative estimate of drug-likeness (QED) is 0.754. The van der Waals surface area contributed by atoms with Gasteiger partial charge in [0.1, 0.15) is 5.72 Å². The van der Waals surface area contributed by atoms with E-state index in [2.05, 4.69) is 15.3 Å². The summed E-state index contributed by atoms with van der Waals surface area (Å²) in [5.41, 5.74) is 0.143. The van der Waals surface area contributed by atoms with Crippen molar-refractivity contribution in [2.75, 3.05) is 32.8 Å². The molecule has 0 atom stereocenters. The number of nitrogens with one attached hydrogen (secondary N) is 1. The summed E-state index contributed by atoms with van der Waals surface area (Å²) in [7, 11) is 0. The molecule has 2 N–H and O–H groups in total. The number of piperidine rings is 1. The standard InChI is InChI=1S/C22H32N4O3/c1-16(2)26-19-6-4-3-5-18(19)20(24-26)21(27)23-22(28)9-11-25(12-10-22)15-17-7-13-29-14-8-17/h3-6,16-17,28H,7-15H2,1-2H3,(H,23,27). The number of likely N-dealkylation sites (tertiary alicyclic amines) is 1. The van der Waals surface area contributed by atoms with Crippen LogP contribution in [0.2, 0.25) is 0 Å². The zero-order valence-electron chi connectivity index (χ0n) is 17.4. The van der Waals surface area contributed by atoms with Crippen molar-refractivity contribution in [1.82, 2.24) is 20.0 Å². The fourth-order valence-corrected chi connectivity index (χ4v) is 4.45. The maximum absolute atomic E-state index is 13.0. The van der Waals surface area contributed by atoms with E-state index >= 15 is 0 Å². The Balaban J connectivity index is 1.40. The molecule has 7 heteroatoms. The van der Waals surface area contributed by atoms with Crippen LogP contribution >= 0.6 is 0 Å². The summed E-state index contributed by atoms with van der Waals surface area (Å²) in [4.78, 5) is 15.4. The zero-order valence-corrected chi connectivity index (χ0v) is 17.4. The van der Waals surface area contributed by atoms with Gasteiger partial charge in [-0.15, -0.1) is 0 Å². The predicted octanol–water partition coefficient (Wildman–Crippen LogP) is 2.56. The Kier molecular flexibility index (Phi) is 5.90. The average Bonchev–Trinajstić information content (AvgIpc) is 3.11. The third-order valence-electron chi connectivity index (χ3n) is 6.20. The molecule has 0 aliphatic carbocycles. The van der Waals surface area contributed by atoms with Crippen LogP contribution in [0.5, 0.6) is 0 Å². The number of nitrogens with zero attached hydrogens (tertiary/aromatic N) is 3. The smallest absolute Gasteiger partial charge is 0.274 e. The van der Waals surface area contributed by atoms with Crippen molar-refractivity contribution in [3.8, 4) is 0 Å². The van der Waals surface area contributed by atoms with Crippen molar-refractivity contribution < 1.29 is 14.6 Å². The van der Waals surface area contributed by atoms with Gasteiger partial charge in [-0.25, -0.2) is 0 Å². The van der Waals surface area contributed by atoms with Crippen LogP contribution in [0.15, 0.2) is 24.3 Å². The van der Waals surface area contributed by atoms with Crippen molar-refractivity contribution in [3.05, 3.63) is 30.0 Å². The topological polar surface area (TPSA) is 79.6 Å². The number of carbonyl (C=O) groups excluding carboxylic acids is 1. The molecule has 2 saturated heterocycles. The predicted molar refractivity (Wildman–Crippen MR) is 112 cm³/mol. The van der Waals surface area contributed by atoms with Crippen LogP contribution in [-0.4, -0.2) is 64.3 Å². The number of carbonyl (C=O) groups is 1. The van der Waals surface area contributed by atoms with E-state index in [0.29, 0.717) is 24.5 Å². The molecule has 158 valence electrons. The highest BCUT2D eigenvalue weighted by Gasteiger charge is 2.35. The minimum atomic E-state index is -1.17. The number of rotatable bonds is 5. The van der Waals surface area contributed by atoms with Gasteiger partial charge in [0, 0.05) is 57.1 Å². The lowest BCUT2D eigenvalue weighted by Gasteiger charge is -2.40. The van der Waals surface area contributed by atoms with Gasteiger partial charge < -0.3 is 20.1 Å². The molecule has 1 aromatic heterocycles. The van der Waals surface area contributed by atoms with Gasteiger partial charge in [-0.1, -0.05) is 18.2 Å². The summed E-state index contributed by atoms with van der Waals surface area (Å²) in [5.74, 6) is 0.372. The molecule has 29 heavy (non-hydrogen) atoms. The molecule has 1 amide bonds. The van der Waals surface area contributed by atoms with Gasteiger partial charge in [0.25, 0.3) is 5.91 Å². The SMILES string of the molecule is CC(C)n1nc(C(=O)NC2(O)CCN(CC3CCOCC3)CC2)c2ccccc21. The minimum absolute atomic E-state index is 0.151. The number of benzene rings is 1. The molecule has 0 unspecified atom stereocenters. The van der Waals surface area contributed by atoms with E-state index in [1.807, 2.05) is 42.8 Å². The van der Waals surface area contributed by atoms with Gasteiger partial charge in [-0.05, 0) is 38.7 Å². The molecular formula is C22H32N4O3. The second-order valence-corrected chi connectivity index (χ2v) is 8.75. The molecule has 0 bridgehead atoms. The van der Waals surface area contributed by atoms with Crippen molar-refractivity contribution in [2.24, 2.45) is 5.92 Å². The number of fused-ring (bicyclic) bond motifs is 1. The number of aliphatic hydroxyl groups is 1. The van der Waals surface area contributed by atoms with E-state index in [4.69, 9.17) is 4.74 Å². The molecule has 2 aliphatic rings. The van der Waals surface area contributed by atoms with E-state index < -0.39 is 5.72 Å². The second-order valence-electron chi connectivity index (χ2n) is 8.75. The summed E-state index contributed by atoms with van der Waals surface area (Å²) >= 11 is 0. The molecule has 1 aromatic carbocycles. The zero-order chi connectivity index (χ0) is 20.4. The monoisotopic (exact) mass is 400 g/mol. The number of aromatic nitrogens is 2. The fourth-order valence-electron chi connectivity index (χ4n) is 4.45. The van der Waals surface area contributed by atoms with Crippen LogP contribution in [0.25, 0.3) is 10.9 Å². The number of hydrogen-bond acceptors (Lipinski definition) is 5. The Hall–Kier alpha value is -1.96. The minimum Gasteiger partial charge on any atom is -0.381 e. The number of hydrogen-bond donors (Lipinski definition) is 2. The number of ether oxygens (including phenoxy) is 1. The van der Waals surface area contributed by atoms with E-state index in [1.165, 1.54) is 0 Å². The Labute approximate surface area is 172 Å². The van der Waals surface area contributed by atoms with E-state index in [0.717, 1.165) is 56.6 Å². The normalized spacial score (nSPS) is 21.0. The molecule has 2 aromatic rings. The maximum atomic E-state index is 13.0. The third-order valence-corrected chi connectivity index (χ3v) is 6.20. The van der Waals surface area contributed by atoms with Crippen LogP contribution in [0.1, 0.15) is 56.1 Å². The highest BCUT2D eigenvalue weighted by atomic mass is 16.5. The number of para-hydroxylation sites is 1. The summed E-state index contributed by atoms with van der Waals surface area (Å²) in [6.45, 7) is 8.43. The van der Waals surface area contributed by atoms with Crippen LogP contribution in [0.4, 0.5) is 0 Å². The highest BCUT2D eigenvalue weighted by molar-refractivity contribution is 6.05. The second kappa shape index (κ2) is 8.42. The first-order chi connectivity index (χ1) is 14.0. The van der Waals surface area contributed by atoms with Crippen LogP contribution in [0.3, 0.4) is 0 Å². The van der Waals surface area contributed by atoms with Crippen LogP contribution in [0, 0.1) is 5.92 Å². The van der Waals surface area contributed by atoms with E-state index in [9.17, 15) is 9.90 Å². The molecule has 7 nitrogen and oxygen atoms in total. The molecule has 0 radical (unpaired) electrons. The molecule has 3 heterocycles. The molecule has 4 rings (SSSR count). The first kappa shape index (κ1) is 20.3. The van der Waals surface area contributed by atoms with Gasteiger partial charge in [0.15, 0.2) is 5.69 Å². The molecule has 2 aliphatic heterocycles. The molecule has 0 spiro atoms. The van der Waals surface area contributed by atoms with Crippen molar-refractivity contribution in [2.45, 2.75) is 51.3 Å². The molecule has 2 fully saturated rings. The lowest BCUT2D eigenvalue weighted by Crippen LogP contribution is -2.56. The lowest BCUT2D eigenvalue weighted by atomic mass is 9.95. The highest BCUT2D eigenvalue weighted by Crippen LogP contribution is 2.25. The maximum Gasteiger partial charge on any atom is 0.274 e. The summed E-state index contributed by atoms with van der Waals surface area (Å²) in [5, 5.41) is 19.2. The van der Waals surface area contributed by atoms with Gasteiger partial charge >= 0.3 is 0 Å². The first-order valence-corrected chi connectivity index (χ1v) is 10.8. The van der Waals surface area contributed by atoms with Crippen molar-refractivity contribution in [3.63, 3.8) is 0 Å². The Bertz CT molecular complexity index is 849. The van der Waals surface area contributed by atoms with Crippen molar-refractivity contribution in [1.29, 1.82) is 0 Å². The lowest BCUT2D eigenvalue weighted by molar-refractivity contribution is -0.0477. The van der Waals surface area contributed by atoms with Gasteiger partial charge in [-0.2, -0.15) is 5.10 Å². The fraction of sp³-hybridized carbons (Fsp3) is 0.636. The summed E-state index contributed by atoms with van der Waals surface area (Å²) < 4.78 is 7.31. The van der Waals surface area contributed by atoms with Crippen LogP contribution < -0.4 is 5.32 Å². The summed E-state index contributed by atoms with van der Waals surface area (Å²) in [6.07, 6.45) is 3.29. The largest absolute Gasteiger partial charge is 0.381 e. The van der Waals surface area contributed by atoms with Crippen molar-refractivity contribution >= 4 is 16.8 Å². The third kappa shape index (κ3) is 4.47. The van der Waals surface area contributed by atoms with Gasteiger partial charge in [-0.3, -0.25) is 9.48 Å². The molecule has 0 saturated carbocycles. The van der Waals surface area contributed by atoms with Gasteiger partial charge in [0.2, 0.25) is 0 Å². The van der Waals surface area contributed by atoms with Crippen LogP contribution in [-0.2, 0) is 4.74 Å². The summed E-state index contributed by atoms with van der Waals surface area (Å²) in [6, 6.07) is 7.90. The van der Waals surface area contributed by atoms with E-state index in [1.54, 1.807) is 0 Å². The Morgan fingerprint density at radius 3 is 2.66 bits per heavy atom. The van der Waals surface area contributed by atoms with Gasteiger partial charge in [0.05, 0.1) is 5.52 Å². The van der Waals surface area contributed by atoms with E-state index in [-0.39, 0.29) is 11.9 Å². The number of amides is 1. The first-order valence-electron chi connectivity index (χ1n) is 10.8.